The Morgan fingerprint density at radius 3 is 2.39 bits per heavy atom. The quantitative estimate of drug-likeness (QED) is 0.619. The second-order valence-corrected chi connectivity index (χ2v) is 6.06. The number of aromatic nitrogens is 1. The summed E-state index contributed by atoms with van der Waals surface area (Å²) in [6.07, 6.45) is 2.72. The van der Waals surface area contributed by atoms with Gasteiger partial charge >= 0.3 is 0 Å². The van der Waals surface area contributed by atoms with Crippen molar-refractivity contribution in [2.45, 2.75) is 11.3 Å². The first-order valence-corrected chi connectivity index (χ1v) is 7.32. The molecule has 0 aliphatic heterocycles. The summed E-state index contributed by atoms with van der Waals surface area (Å²) in [4.78, 5) is 0.0869. The van der Waals surface area contributed by atoms with Gasteiger partial charge in [-0.25, -0.2) is 8.42 Å². The lowest BCUT2D eigenvalue weighted by atomic mass is 10.1. The molecule has 2 aromatic rings. The summed E-state index contributed by atoms with van der Waals surface area (Å²) >= 11 is 0. The van der Waals surface area contributed by atoms with Gasteiger partial charge in [-0.3, -0.25) is 0 Å². The highest BCUT2D eigenvalue weighted by Crippen LogP contribution is 2.15. The van der Waals surface area contributed by atoms with Crippen molar-refractivity contribution in [1.82, 2.24) is 0 Å². The topological polar surface area (TPSA) is 61.1 Å². The van der Waals surface area contributed by atoms with Crippen LogP contribution in [-0.2, 0) is 16.3 Å². The van der Waals surface area contributed by atoms with Crippen LogP contribution in [0.1, 0.15) is 11.3 Å². The van der Waals surface area contributed by atoms with E-state index >= 15 is 0 Å². The number of rotatable bonds is 3. The number of sulfone groups is 1. The van der Waals surface area contributed by atoms with E-state index in [1.807, 2.05) is 30.3 Å². The van der Waals surface area contributed by atoms with Crippen molar-refractivity contribution in [3.63, 3.8) is 0 Å². The molecule has 0 saturated heterocycles. The van der Waals surface area contributed by atoms with Crippen LogP contribution in [0.5, 0.6) is 0 Å². The van der Waals surface area contributed by atoms with Crippen LogP contribution in [0.15, 0.2) is 53.6 Å². The maximum absolute atomic E-state index is 11.7. The summed E-state index contributed by atoms with van der Waals surface area (Å²) in [5.41, 5.74) is 1.16. The Morgan fingerprint density at radius 1 is 1.11 bits per heavy atom. The van der Waals surface area contributed by atoms with Crippen molar-refractivity contribution in [2.24, 2.45) is 0 Å². The first-order chi connectivity index (χ1) is 8.48. The second-order valence-electron chi connectivity index (χ2n) is 4.08. The summed E-state index contributed by atoms with van der Waals surface area (Å²) in [6, 6.07) is 12.2. The van der Waals surface area contributed by atoms with E-state index in [1.165, 1.54) is 18.3 Å². The van der Waals surface area contributed by atoms with Crippen LogP contribution in [0.25, 0.3) is 0 Å². The second kappa shape index (κ2) is 4.78. The number of benzene rings is 1. The Bertz CT molecular complexity index is 651. The van der Waals surface area contributed by atoms with Crippen LogP contribution < -0.4 is 4.73 Å². The smallest absolute Gasteiger partial charge is 0.215 e. The minimum absolute atomic E-state index is 0.0869. The summed E-state index contributed by atoms with van der Waals surface area (Å²) < 4.78 is 23.9. The van der Waals surface area contributed by atoms with Gasteiger partial charge in [-0.05, 0) is 11.6 Å². The molecule has 0 aliphatic carbocycles. The summed E-state index contributed by atoms with van der Waals surface area (Å²) in [5, 5.41) is 11.7. The Labute approximate surface area is 106 Å². The molecule has 0 aliphatic rings. The molecule has 0 amide bonds. The molecule has 4 nitrogen and oxygen atoms in total. The summed E-state index contributed by atoms with van der Waals surface area (Å²) in [5.74, 6) is 0. The monoisotopic (exact) mass is 263 g/mol. The molecule has 94 valence electrons. The first kappa shape index (κ1) is 12.6. The fourth-order valence-electron chi connectivity index (χ4n) is 1.80. The highest BCUT2D eigenvalue weighted by molar-refractivity contribution is 7.90. The highest BCUT2D eigenvalue weighted by Gasteiger charge is 2.20. The van der Waals surface area contributed by atoms with Crippen molar-refractivity contribution in [3.8, 4) is 0 Å². The van der Waals surface area contributed by atoms with Crippen molar-refractivity contribution in [2.75, 3.05) is 6.26 Å². The molecule has 1 heterocycles. The van der Waals surface area contributed by atoms with E-state index in [-0.39, 0.29) is 10.6 Å². The van der Waals surface area contributed by atoms with Crippen molar-refractivity contribution in [1.29, 1.82) is 0 Å². The number of hydrogen-bond acceptors (Lipinski definition) is 3. The zero-order chi connectivity index (χ0) is 13.2. The Balaban J connectivity index is 2.51. The number of pyridine rings is 1. The predicted octanol–water partition coefficient (Wildman–Crippen LogP) is 1.31. The molecule has 0 radical (unpaired) electrons. The Morgan fingerprint density at radius 2 is 1.78 bits per heavy atom. The van der Waals surface area contributed by atoms with Crippen LogP contribution in [-0.4, -0.2) is 14.7 Å². The largest absolute Gasteiger partial charge is 0.618 e. The van der Waals surface area contributed by atoms with Gasteiger partial charge in [0.05, 0.1) is 6.42 Å². The van der Waals surface area contributed by atoms with Crippen LogP contribution in [0.2, 0.25) is 0 Å². The third-order valence-corrected chi connectivity index (χ3v) is 3.80. The minimum Gasteiger partial charge on any atom is -0.618 e. The molecule has 0 saturated carbocycles. The van der Waals surface area contributed by atoms with Gasteiger partial charge in [0, 0.05) is 12.3 Å². The van der Waals surface area contributed by atoms with Gasteiger partial charge in [-0.2, -0.15) is 4.73 Å². The van der Waals surface area contributed by atoms with Gasteiger partial charge in [0.15, 0.2) is 16.0 Å². The average Bonchev–Trinajstić information content (AvgIpc) is 2.32. The van der Waals surface area contributed by atoms with Gasteiger partial charge in [0.25, 0.3) is 0 Å². The standard InChI is InChI=1S/C13H13NO3S/c1-18(16,17)13-8-5-9-14(15)12(13)10-11-6-3-2-4-7-11/h2-9H,10H2,1H3. The zero-order valence-electron chi connectivity index (χ0n) is 9.91. The maximum atomic E-state index is 11.7. The van der Waals surface area contributed by atoms with E-state index < -0.39 is 9.84 Å². The first-order valence-electron chi connectivity index (χ1n) is 5.43. The number of hydrogen-bond donors (Lipinski definition) is 0. The van der Waals surface area contributed by atoms with Gasteiger partial charge in [0.1, 0.15) is 4.90 Å². The molecule has 0 atom stereocenters. The molecule has 0 bridgehead atoms. The van der Waals surface area contributed by atoms with E-state index in [9.17, 15) is 13.6 Å². The third-order valence-electron chi connectivity index (χ3n) is 2.63. The third kappa shape index (κ3) is 2.68. The van der Waals surface area contributed by atoms with E-state index in [2.05, 4.69) is 0 Å². The molecule has 0 spiro atoms. The van der Waals surface area contributed by atoms with E-state index in [4.69, 9.17) is 0 Å². The highest BCUT2D eigenvalue weighted by atomic mass is 32.2. The molecule has 0 N–H and O–H groups in total. The van der Waals surface area contributed by atoms with Crippen molar-refractivity contribution >= 4 is 9.84 Å². The van der Waals surface area contributed by atoms with Crippen LogP contribution >= 0.6 is 0 Å². The fourth-order valence-corrected chi connectivity index (χ4v) is 2.71. The lowest BCUT2D eigenvalue weighted by Gasteiger charge is -2.08. The van der Waals surface area contributed by atoms with Crippen LogP contribution in [0.4, 0.5) is 0 Å². The van der Waals surface area contributed by atoms with E-state index in [1.54, 1.807) is 0 Å². The van der Waals surface area contributed by atoms with Crippen molar-refractivity contribution in [3.05, 3.63) is 65.1 Å². The summed E-state index contributed by atoms with van der Waals surface area (Å²) in [6.45, 7) is 0. The lowest BCUT2D eigenvalue weighted by molar-refractivity contribution is -0.615. The minimum atomic E-state index is -3.40. The van der Waals surface area contributed by atoms with Crippen LogP contribution in [0.3, 0.4) is 0 Å². The fraction of sp³-hybridized carbons (Fsp3) is 0.154. The molecular weight excluding hydrogens is 250 g/mol. The SMILES string of the molecule is CS(=O)(=O)c1ccc[n+]([O-])c1Cc1ccccc1. The lowest BCUT2D eigenvalue weighted by Crippen LogP contribution is -2.33. The van der Waals surface area contributed by atoms with Gasteiger partial charge in [0.2, 0.25) is 5.69 Å². The Kier molecular flexibility index (Phi) is 3.34. The molecular formula is C13H13NO3S. The van der Waals surface area contributed by atoms with Crippen LogP contribution in [0, 0.1) is 5.21 Å². The van der Waals surface area contributed by atoms with Crippen molar-refractivity contribution < 1.29 is 13.1 Å². The molecule has 2 rings (SSSR count). The molecule has 18 heavy (non-hydrogen) atoms. The average molecular weight is 263 g/mol. The van der Waals surface area contributed by atoms with Gasteiger partial charge in [-0.1, -0.05) is 30.3 Å². The molecule has 1 aromatic carbocycles. The summed E-state index contributed by atoms with van der Waals surface area (Å²) in [7, 11) is -3.40. The molecule has 5 heteroatoms. The maximum Gasteiger partial charge on any atom is 0.215 e. The van der Waals surface area contributed by atoms with Gasteiger partial charge < -0.3 is 5.21 Å². The molecule has 0 unspecified atom stereocenters. The number of nitrogens with zero attached hydrogens (tertiary/aromatic N) is 1. The van der Waals surface area contributed by atoms with E-state index in [0.29, 0.717) is 11.2 Å². The zero-order valence-corrected chi connectivity index (χ0v) is 10.7. The normalized spacial score (nSPS) is 11.4. The van der Waals surface area contributed by atoms with Gasteiger partial charge in [-0.15, -0.1) is 0 Å². The predicted molar refractivity (Wildman–Crippen MR) is 67.8 cm³/mol. The molecule has 1 aromatic heterocycles. The van der Waals surface area contributed by atoms with E-state index in [0.717, 1.165) is 11.8 Å². The Hall–Kier alpha value is -1.88. The molecule has 0 fully saturated rings.